The maximum Gasteiger partial charge on any atom is 0.436 e. The van der Waals surface area contributed by atoms with E-state index in [9.17, 15) is 36.6 Å². The predicted octanol–water partition coefficient (Wildman–Crippen LogP) is 5.63. The Morgan fingerprint density at radius 1 is 1.31 bits per heavy atom. The third-order valence-electron chi connectivity index (χ3n) is 5.86. The van der Waals surface area contributed by atoms with Crippen molar-refractivity contribution in [3.05, 3.63) is 40.2 Å². The van der Waals surface area contributed by atoms with Crippen molar-refractivity contribution in [2.75, 3.05) is 23.3 Å². The van der Waals surface area contributed by atoms with Crippen LogP contribution >= 0.6 is 11.6 Å². The van der Waals surface area contributed by atoms with Gasteiger partial charge < -0.3 is 15.3 Å². The second-order valence-corrected chi connectivity index (χ2v) is 8.93. The van der Waals surface area contributed by atoms with Gasteiger partial charge in [0.15, 0.2) is 5.69 Å². The van der Waals surface area contributed by atoms with Crippen molar-refractivity contribution in [2.45, 2.75) is 51.8 Å². The van der Waals surface area contributed by atoms with Crippen molar-refractivity contribution in [3.63, 3.8) is 0 Å². The number of hydrogen-bond donors (Lipinski definition) is 2. The van der Waals surface area contributed by atoms with Crippen molar-refractivity contribution in [1.82, 2.24) is 9.78 Å². The molecule has 35 heavy (non-hydrogen) atoms. The Morgan fingerprint density at radius 2 is 2.00 bits per heavy atom. The summed E-state index contributed by atoms with van der Waals surface area (Å²) in [7, 11) is 0. The van der Waals surface area contributed by atoms with Crippen molar-refractivity contribution in [3.8, 4) is 0 Å². The number of anilines is 2. The number of carboxylic acids is 1. The van der Waals surface area contributed by atoms with Crippen LogP contribution in [0.2, 0.25) is 5.02 Å². The number of nitrogens with zero attached hydrogens (tertiary/aromatic N) is 3. The quantitative estimate of drug-likeness (QED) is 0.460. The van der Waals surface area contributed by atoms with Gasteiger partial charge in [-0.3, -0.25) is 9.48 Å². The van der Waals surface area contributed by atoms with Gasteiger partial charge in [-0.25, -0.2) is 13.6 Å². The molecule has 0 aliphatic carbocycles. The number of carboxylic acid groups (broad SMARTS) is 1. The fraction of sp³-hybridized carbons (Fsp3) is 0.500. The molecule has 2 aromatic rings. The minimum absolute atomic E-state index is 0.178. The van der Waals surface area contributed by atoms with Crippen molar-refractivity contribution < 1.29 is 36.6 Å². The second kappa shape index (κ2) is 10.4. The molecule has 0 saturated carbocycles. The SMILES string of the molecule is Cc1c(Cl)c(C(F)(F)F)nn1[C@@H](CC(F)F)C(=O)Nc1ccc(N2CCC[C@@H](C)C2)cc1C(=O)O. The number of halogens is 6. The number of nitrogens with one attached hydrogen (secondary N) is 1. The highest BCUT2D eigenvalue weighted by atomic mass is 35.5. The molecular formula is C22H24ClF5N4O3. The van der Waals surface area contributed by atoms with Crippen LogP contribution in [0.1, 0.15) is 54.0 Å². The molecule has 1 amide bonds. The van der Waals surface area contributed by atoms with Gasteiger partial charge in [0, 0.05) is 25.2 Å². The molecule has 3 rings (SSSR count). The molecule has 1 fully saturated rings. The molecule has 2 N–H and O–H groups in total. The average Bonchev–Trinajstić information content (AvgIpc) is 3.06. The van der Waals surface area contributed by atoms with E-state index in [-0.39, 0.29) is 16.9 Å². The van der Waals surface area contributed by atoms with Gasteiger partial charge >= 0.3 is 12.1 Å². The molecule has 1 aromatic heterocycles. The summed E-state index contributed by atoms with van der Waals surface area (Å²) < 4.78 is 66.6. The summed E-state index contributed by atoms with van der Waals surface area (Å²) in [5.74, 6) is -2.10. The maximum atomic E-state index is 13.3. The average molecular weight is 523 g/mol. The first-order chi connectivity index (χ1) is 16.3. The van der Waals surface area contributed by atoms with Crippen LogP contribution in [0.3, 0.4) is 0 Å². The molecule has 0 unspecified atom stereocenters. The molecule has 2 atom stereocenters. The number of aromatic nitrogens is 2. The molecule has 1 aliphatic heterocycles. The third kappa shape index (κ3) is 6.03. The molecule has 7 nitrogen and oxygen atoms in total. The zero-order valence-corrected chi connectivity index (χ0v) is 19.6. The van der Waals surface area contributed by atoms with Crippen LogP contribution in [0, 0.1) is 12.8 Å². The van der Waals surface area contributed by atoms with Gasteiger partial charge in [-0.1, -0.05) is 18.5 Å². The molecule has 1 aromatic carbocycles. The summed E-state index contributed by atoms with van der Waals surface area (Å²) in [4.78, 5) is 26.8. The predicted molar refractivity (Wildman–Crippen MR) is 119 cm³/mol. The fourth-order valence-corrected chi connectivity index (χ4v) is 4.36. The minimum Gasteiger partial charge on any atom is -0.478 e. The Bertz CT molecular complexity index is 1110. The highest BCUT2D eigenvalue weighted by Crippen LogP contribution is 2.37. The Morgan fingerprint density at radius 3 is 2.54 bits per heavy atom. The Balaban J connectivity index is 1.94. The molecular weight excluding hydrogens is 499 g/mol. The van der Waals surface area contributed by atoms with E-state index in [2.05, 4.69) is 17.3 Å². The molecule has 0 spiro atoms. The van der Waals surface area contributed by atoms with Gasteiger partial charge in [-0.15, -0.1) is 0 Å². The van der Waals surface area contributed by atoms with E-state index in [4.69, 9.17) is 11.6 Å². The van der Waals surface area contributed by atoms with Crippen LogP contribution in [0.5, 0.6) is 0 Å². The van der Waals surface area contributed by atoms with Crippen LogP contribution in [0.25, 0.3) is 0 Å². The smallest absolute Gasteiger partial charge is 0.436 e. The van der Waals surface area contributed by atoms with E-state index >= 15 is 0 Å². The van der Waals surface area contributed by atoms with Crippen LogP contribution < -0.4 is 10.2 Å². The third-order valence-corrected chi connectivity index (χ3v) is 6.31. The zero-order valence-electron chi connectivity index (χ0n) is 18.9. The number of carbonyl (C=O) groups is 2. The fourth-order valence-electron chi connectivity index (χ4n) is 4.12. The number of alkyl halides is 5. The number of carbonyl (C=O) groups excluding carboxylic acids is 1. The first-order valence-electron chi connectivity index (χ1n) is 10.8. The highest BCUT2D eigenvalue weighted by Gasteiger charge is 2.40. The summed E-state index contributed by atoms with van der Waals surface area (Å²) in [6.45, 7) is 4.65. The van der Waals surface area contributed by atoms with Crippen molar-refractivity contribution in [2.24, 2.45) is 5.92 Å². The lowest BCUT2D eigenvalue weighted by Gasteiger charge is -2.33. The number of benzene rings is 1. The first-order valence-corrected chi connectivity index (χ1v) is 11.2. The number of rotatable bonds is 7. The van der Waals surface area contributed by atoms with Crippen molar-refractivity contribution >= 4 is 34.9 Å². The van der Waals surface area contributed by atoms with Gasteiger partial charge in [0.25, 0.3) is 0 Å². The number of piperidine rings is 1. The molecule has 0 bridgehead atoms. The zero-order chi connectivity index (χ0) is 26.1. The lowest BCUT2D eigenvalue weighted by molar-refractivity contribution is -0.141. The van der Waals surface area contributed by atoms with E-state index < -0.39 is 47.7 Å². The number of aromatic carboxylic acids is 1. The largest absolute Gasteiger partial charge is 0.478 e. The van der Waals surface area contributed by atoms with Crippen LogP contribution in [-0.2, 0) is 11.0 Å². The van der Waals surface area contributed by atoms with E-state index in [0.717, 1.165) is 32.9 Å². The molecule has 192 valence electrons. The van der Waals surface area contributed by atoms with E-state index in [1.54, 1.807) is 6.07 Å². The first kappa shape index (κ1) is 26.7. The molecule has 1 aliphatic rings. The van der Waals surface area contributed by atoms with Gasteiger partial charge in [0.2, 0.25) is 12.3 Å². The molecule has 2 heterocycles. The van der Waals surface area contributed by atoms with Gasteiger partial charge in [0.1, 0.15) is 6.04 Å². The van der Waals surface area contributed by atoms with Crippen molar-refractivity contribution in [1.29, 1.82) is 0 Å². The second-order valence-electron chi connectivity index (χ2n) is 8.55. The summed E-state index contributed by atoms with van der Waals surface area (Å²) in [6, 6.07) is 2.43. The summed E-state index contributed by atoms with van der Waals surface area (Å²) in [5.41, 5.74) is -1.66. The van der Waals surface area contributed by atoms with E-state index in [1.165, 1.54) is 12.1 Å². The lowest BCUT2D eigenvalue weighted by Crippen LogP contribution is -2.34. The molecule has 0 radical (unpaired) electrons. The van der Waals surface area contributed by atoms with Crippen LogP contribution in [0.4, 0.5) is 33.3 Å². The molecule has 13 heteroatoms. The van der Waals surface area contributed by atoms with Gasteiger partial charge in [-0.05, 0) is 43.9 Å². The Labute approximate surface area is 202 Å². The van der Waals surface area contributed by atoms with Gasteiger partial charge in [0.05, 0.1) is 22.0 Å². The standard InChI is InChI=1S/C22H24ClF5N4O3/c1-11-4-3-7-31(10-11)13-5-6-15(14(8-13)21(34)35)29-20(33)16(9-17(24)25)32-12(2)18(23)19(30-32)22(26,27)28/h5-6,8,11,16-17H,3-4,7,9-10H2,1-2H3,(H,29,33)(H,34,35)/t11-,16+/m1/s1. The lowest BCUT2D eigenvalue weighted by atomic mass is 9.99. The highest BCUT2D eigenvalue weighted by molar-refractivity contribution is 6.32. The topological polar surface area (TPSA) is 87.5 Å². The molecule has 1 saturated heterocycles. The maximum absolute atomic E-state index is 13.3. The van der Waals surface area contributed by atoms with Crippen LogP contribution in [0.15, 0.2) is 18.2 Å². The van der Waals surface area contributed by atoms with Gasteiger partial charge in [-0.2, -0.15) is 18.3 Å². The van der Waals surface area contributed by atoms with E-state index in [0.29, 0.717) is 16.3 Å². The summed E-state index contributed by atoms with van der Waals surface area (Å²) in [6.07, 6.45) is -7.20. The Kier molecular flexibility index (Phi) is 7.93. The normalized spacial score (nSPS) is 17.5. The summed E-state index contributed by atoms with van der Waals surface area (Å²) >= 11 is 5.71. The minimum atomic E-state index is -4.96. The number of amides is 1. The number of hydrogen-bond acceptors (Lipinski definition) is 4. The Hall–Kier alpha value is -2.89. The monoisotopic (exact) mass is 522 g/mol. The van der Waals surface area contributed by atoms with Crippen LogP contribution in [-0.4, -0.2) is 46.3 Å². The summed E-state index contributed by atoms with van der Waals surface area (Å²) in [5, 5.41) is 14.4. The van der Waals surface area contributed by atoms with E-state index in [1.807, 2.05) is 4.90 Å².